The second kappa shape index (κ2) is 6.07. The van der Waals surface area contributed by atoms with E-state index in [4.69, 9.17) is 0 Å². The first-order valence-electron chi connectivity index (χ1n) is 7.83. The van der Waals surface area contributed by atoms with E-state index in [0.29, 0.717) is 11.5 Å². The normalized spacial score (nSPS) is 21.8. The number of phenolic OH excluding ortho intramolecular Hbond substituents is 1. The van der Waals surface area contributed by atoms with Crippen molar-refractivity contribution in [3.63, 3.8) is 0 Å². The average Bonchev–Trinajstić information content (AvgIpc) is 2.54. The van der Waals surface area contributed by atoms with Crippen LogP contribution < -0.4 is 0 Å². The number of hydrogen-bond acceptors (Lipinski definition) is 1. The first kappa shape index (κ1) is 15.0. The predicted octanol–water partition coefficient (Wildman–Crippen LogP) is 5.63. The molecule has 1 N–H and O–H groups in total. The van der Waals surface area contributed by atoms with Gasteiger partial charge in [-0.15, -0.1) is 0 Å². The van der Waals surface area contributed by atoms with Gasteiger partial charge in [-0.3, -0.25) is 0 Å². The summed E-state index contributed by atoms with van der Waals surface area (Å²) in [7, 11) is 0. The van der Waals surface area contributed by atoms with Crippen LogP contribution in [0.2, 0.25) is 0 Å². The van der Waals surface area contributed by atoms with Gasteiger partial charge in [0.05, 0.1) is 0 Å². The van der Waals surface area contributed by atoms with Crippen LogP contribution in [-0.2, 0) is 0 Å². The number of rotatable bonds is 2. The fourth-order valence-corrected chi connectivity index (χ4v) is 3.29. The molecule has 116 valence electrons. The summed E-state index contributed by atoms with van der Waals surface area (Å²) in [4.78, 5) is 0. The second-order valence-electron chi connectivity index (χ2n) is 6.34. The maximum atomic E-state index is 13.9. The van der Waals surface area contributed by atoms with Gasteiger partial charge in [0.2, 0.25) is 5.82 Å². The van der Waals surface area contributed by atoms with E-state index >= 15 is 0 Å². The van der Waals surface area contributed by atoms with Crippen LogP contribution in [0, 0.1) is 17.6 Å². The van der Waals surface area contributed by atoms with E-state index < -0.39 is 17.4 Å². The van der Waals surface area contributed by atoms with Gasteiger partial charge in [-0.1, -0.05) is 44.0 Å². The van der Waals surface area contributed by atoms with E-state index in [2.05, 4.69) is 6.92 Å². The molecule has 22 heavy (non-hydrogen) atoms. The SMILES string of the molecule is CC1CCC(c2ccc(-c3ccc(O)c(F)c3F)cc2)CC1. The lowest BCUT2D eigenvalue weighted by Gasteiger charge is -2.26. The Hall–Kier alpha value is -1.90. The first-order valence-corrected chi connectivity index (χ1v) is 7.83. The van der Waals surface area contributed by atoms with Crippen LogP contribution in [0.1, 0.15) is 44.1 Å². The molecule has 2 aromatic carbocycles. The van der Waals surface area contributed by atoms with Crippen LogP contribution in [0.25, 0.3) is 11.1 Å². The minimum atomic E-state index is -1.19. The monoisotopic (exact) mass is 302 g/mol. The smallest absolute Gasteiger partial charge is 0.200 e. The summed E-state index contributed by atoms with van der Waals surface area (Å²) in [5, 5.41) is 9.19. The largest absolute Gasteiger partial charge is 0.505 e. The van der Waals surface area contributed by atoms with Crippen molar-refractivity contribution in [3.05, 3.63) is 53.6 Å². The topological polar surface area (TPSA) is 20.2 Å². The molecule has 0 aromatic heterocycles. The quantitative estimate of drug-likeness (QED) is 0.762. The number of phenols is 1. The van der Waals surface area contributed by atoms with E-state index in [9.17, 15) is 13.9 Å². The highest BCUT2D eigenvalue weighted by Crippen LogP contribution is 2.36. The molecule has 1 aliphatic carbocycles. The maximum Gasteiger partial charge on any atom is 0.200 e. The molecule has 0 heterocycles. The molecular weight excluding hydrogens is 282 g/mol. The molecule has 3 rings (SSSR count). The molecule has 1 saturated carbocycles. The minimum absolute atomic E-state index is 0.180. The number of benzene rings is 2. The first-order chi connectivity index (χ1) is 10.6. The summed E-state index contributed by atoms with van der Waals surface area (Å²) in [6.07, 6.45) is 4.90. The van der Waals surface area contributed by atoms with Gasteiger partial charge in [0.1, 0.15) is 0 Å². The number of halogens is 2. The van der Waals surface area contributed by atoms with E-state index in [1.807, 2.05) is 24.3 Å². The molecule has 2 aromatic rings. The maximum absolute atomic E-state index is 13.9. The molecule has 0 saturated heterocycles. The van der Waals surface area contributed by atoms with Gasteiger partial charge in [0, 0.05) is 5.56 Å². The molecule has 1 fully saturated rings. The van der Waals surface area contributed by atoms with Gasteiger partial charge in [-0.25, -0.2) is 4.39 Å². The zero-order chi connectivity index (χ0) is 15.7. The molecule has 3 heteroatoms. The summed E-state index contributed by atoms with van der Waals surface area (Å²) in [5.74, 6) is -1.47. The van der Waals surface area contributed by atoms with Crippen LogP contribution in [0.3, 0.4) is 0 Å². The van der Waals surface area contributed by atoms with Crippen molar-refractivity contribution in [1.29, 1.82) is 0 Å². The highest BCUT2D eigenvalue weighted by atomic mass is 19.2. The molecular formula is C19H20F2O. The lowest BCUT2D eigenvalue weighted by molar-refractivity contribution is 0.348. The molecule has 0 spiro atoms. The number of aromatic hydroxyl groups is 1. The van der Waals surface area contributed by atoms with Crippen LogP contribution in [0.4, 0.5) is 8.78 Å². The van der Waals surface area contributed by atoms with Crippen LogP contribution >= 0.6 is 0 Å². The molecule has 0 amide bonds. The van der Waals surface area contributed by atoms with Crippen LogP contribution in [-0.4, -0.2) is 5.11 Å². The van der Waals surface area contributed by atoms with Crippen molar-refractivity contribution >= 4 is 0 Å². The van der Waals surface area contributed by atoms with Gasteiger partial charge in [-0.2, -0.15) is 4.39 Å². The van der Waals surface area contributed by atoms with Crippen molar-refractivity contribution in [1.82, 2.24) is 0 Å². The zero-order valence-corrected chi connectivity index (χ0v) is 12.7. The third-order valence-corrected chi connectivity index (χ3v) is 4.77. The van der Waals surface area contributed by atoms with E-state index in [-0.39, 0.29) is 5.56 Å². The van der Waals surface area contributed by atoms with Crippen molar-refractivity contribution < 1.29 is 13.9 Å². The van der Waals surface area contributed by atoms with Gasteiger partial charge in [-0.05, 0) is 47.9 Å². The molecule has 0 aliphatic heterocycles. The van der Waals surface area contributed by atoms with Crippen molar-refractivity contribution in [3.8, 4) is 16.9 Å². The summed E-state index contributed by atoms with van der Waals surface area (Å²) in [6, 6.07) is 10.3. The average molecular weight is 302 g/mol. The highest BCUT2D eigenvalue weighted by Gasteiger charge is 2.20. The van der Waals surface area contributed by atoms with Crippen LogP contribution in [0.5, 0.6) is 5.75 Å². The van der Waals surface area contributed by atoms with E-state index in [1.54, 1.807) is 0 Å². The third-order valence-electron chi connectivity index (χ3n) is 4.77. The molecule has 0 atom stereocenters. The molecule has 1 aliphatic rings. The Balaban J connectivity index is 1.84. The standard InChI is InChI=1S/C19H20F2O/c1-12-2-4-13(5-3-12)14-6-8-15(9-7-14)16-10-11-17(22)19(21)18(16)20/h6-13,22H,2-5H2,1H3. The molecule has 0 unspecified atom stereocenters. The summed E-state index contributed by atoms with van der Waals surface area (Å²) in [6.45, 7) is 2.29. The summed E-state index contributed by atoms with van der Waals surface area (Å²) < 4.78 is 27.4. The van der Waals surface area contributed by atoms with Crippen LogP contribution in [0.15, 0.2) is 36.4 Å². The Kier molecular flexibility index (Phi) is 4.14. The van der Waals surface area contributed by atoms with E-state index in [1.165, 1.54) is 43.4 Å². The number of hydrogen-bond donors (Lipinski definition) is 1. The van der Waals surface area contributed by atoms with E-state index in [0.717, 1.165) is 5.92 Å². The summed E-state index contributed by atoms with van der Waals surface area (Å²) in [5.41, 5.74) is 2.08. The van der Waals surface area contributed by atoms with Crippen molar-refractivity contribution in [2.24, 2.45) is 5.92 Å². The minimum Gasteiger partial charge on any atom is -0.505 e. The van der Waals surface area contributed by atoms with Crippen molar-refractivity contribution in [2.45, 2.75) is 38.5 Å². The second-order valence-corrected chi connectivity index (χ2v) is 6.34. The highest BCUT2D eigenvalue weighted by molar-refractivity contribution is 5.65. The fraction of sp³-hybridized carbons (Fsp3) is 0.368. The summed E-state index contributed by atoms with van der Waals surface area (Å²) >= 11 is 0. The lowest BCUT2D eigenvalue weighted by Crippen LogP contribution is -2.10. The predicted molar refractivity (Wildman–Crippen MR) is 83.8 cm³/mol. The Bertz CT molecular complexity index is 656. The molecule has 0 radical (unpaired) electrons. The zero-order valence-electron chi connectivity index (χ0n) is 12.7. The van der Waals surface area contributed by atoms with Gasteiger partial charge < -0.3 is 5.11 Å². The van der Waals surface area contributed by atoms with Gasteiger partial charge in [0.25, 0.3) is 0 Å². The Morgan fingerprint density at radius 3 is 2.14 bits per heavy atom. The Morgan fingerprint density at radius 2 is 1.50 bits per heavy atom. The lowest BCUT2D eigenvalue weighted by atomic mass is 9.79. The third kappa shape index (κ3) is 2.85. The fourth-order valence-electron chi connectivity index (χ4n) is 3.29. The van der Waals surface area contributed by atoms with Crippen molar-refractivity contribution in [2.75, 3.05) is 0 Å². The Labute approximate surface area is 129 Å². The molecule has 0 bridgehead atoms. The Morgan fingerprint density at radius 1 is 0.864 bits per heavy atom. The van der Waals surface area contributed by atoms with Gasteiger partial charge in [0.15, 0.2) is 11.6 Å². The molecule has 1 nitrogen and oxygen atoms in total. The van der Waals surface area contributed by atoms with Gasteiger partial charge >= 0.3 is 0 Å².